The molecule has 1 unspecified atom stereocenters. The van der Waals surface area contributed by atoms with Crippen molar-refractivity contribution in [2.75, 3.05) is 53.0 Å². The predicted molar refractivity (Wildman–Crippen MR) is 112 cm³/mol. The standard InChI is InChI=1S/C23H28N4O3/c1-29-21-6-4-19(5-7-21)22(28)26-13-20-14-30-10-9-27(20)23(17-26)15-25(16-23)12-18-3-2-8-24-11-18/h2-8,11,20H,9-10,12-17H2,1H3. The van der Waals surface area contributed by atoms with Gasteiger partial charge in [0.1, 0.15) is 5.75 Å². The first-order valence-corrected chi connectivity index (χ1v) is 10.6. The van der Waals surface area contributed by atoms with Crippen LogP contribution in [0.5, 0.6) is 5.75 Å². The molecule has 7 nitrogen and oxygen atoms in total. The van der Waals surface area contributed by atoms with Crippen molar-refractivity contribution in [3.05, 3.63) is 59.9 Å². The van der Waals surface area contributed by atoms with Gasteiger partial charge in [-0.25, -0.2) is 0 Å². The van der Waals surface area contributed by atoms with Gasteiger partial charge < -0.3 is 14.4 Å². The number of hydrogen-bond acceptors (Lipinski definition) is 6. The van der Waals surface area contributed by atoms with E-state index in [1.165, 1.54) is 5.56 Å². The van der Waals surface area contributed by atoms with Gasteiger partial charge in [0, 0.05) is 57.2 Å². The molecule has 4 heterocycles. The molecule has 0 aliphatic carbocycles. The third-order valence-electron chi connectivity index (χ3n) is 6.54. The monoisotopic (exact) mass is 408 g/mol. The number of ether oxygens (including phenoxy) is 2. The maximum absolute atomic E-state index is 13.3. The average Bonchev–Trinajstić information content (AvgIpc) is 2.78. The number of aromatic nitrogens is 1. The molecule has 3 saturated heterocycles. The molecule has 3 aliphatic heterocycles. The maximum Gasteiger partial charge on any atom is 0.253 e. The van der Waals surface area contributed by atoms with Crippen LogP contribution in [0, 0.1) is 0 Å². The van der Waals surface area contributed by atoms with Crippen molar-refractivity contribution in [2.45, 2.75) is 18.1 Å². The summed E-state index contributed by atoms with van der Waals surface area (Å²) < 4.78 is 11.0. The summed E-state index contributed by atoms with van der Waals surface area (Å²) in [5.41, 5.74) is 1.95. The van der Waals surface area contributed by atoms with Crippen molar-refractivity contribution in [2.24, 2.45) is 0 Å². The Balaban J connectivity index is 1.32. The second-order valence-corrected chi connectivity index (χ2v) is 8.57. The number of benzene rings is 1. The summed E-state index contributed by atoms with van der Waals surface area (Å²) in [5, 5.41) is 0. The zero-order valence-corrected chi connectivity index (χ0v) is 17.4. The Labute approximate surface area is 177 Å². The Morgan fingerprint density at radius 3 is 2.80 bits per heavy atom. The van der Waals surface area contributed by atoms with Gasteiger partial charge >= 0.3 is 0 Å². The van der Waals surface area contributed by atoms with Crippen LogP contribution in [0.2, 0.25) is 0 Å². The highest BCUT2D eigenvalue weighted by molar-refractivity contribution is 5.94. The van der Waals surface area contributed by atoms with E-state index in [1.807, 2.05) is 47.6 Å². The highest BCUT2D eigenvalue weighted by atomic mass is 16.5. The van der Waals surface area contributed by atoms with Crippen LogP contribution in [0.3, 0.4) is 0 Å². The molecule has 0 N–H and O–H groups in total. The lowest BCUT2D eigenvalue weighted by Crippen LogP contribution is -2.80. The van der Waals surface area contributed by atoms with E-state index in [2.05, 4.69) is 20.9 Å². The molecule has 1 spiro atoms. The van der Waals surface area contributed by atoms with E-state index >= 15 is 0 Å². The number of methoxy groups -OCH3 is 1. The second kappa shape index (κ2) is 7.98. The van der Waals surface area contributed by atoms with E-state index in [0.29, 0.717) is 12.2 Å². The Morgan fingerprint density at radius 1 is 1.23 bits per heavy atom. The molecule has 1 aromatic carbocycles. The molecule has 0 saturated carbocycles. The summed E-state index contributed by atoms with van der Waals surface area (Å²) in [5.74, 6) is 0.853. The van der Waals surface area contributed by atoms with Gasteiger partial charge in [-0.05, 0) is 35.9 Å². The van der Waals surface area contributed by atoms with Crippen LogP contribution < -0.4 is 4.74 Å². The average molecular weight is 409 g/mol. The van der Waals surface area contributed by atoms with Gasteiger partial charge in [-0.3, -0.25) is 19.6 Å². The third-order valence-corrected chi connectivity index (χ3v) is 6.54. The number of rotatable bonds is 4. The van der Waals surface area contributed by atoms with E-state index in [1.54, 1.807) is 7.11 Å². The number of nitrogens with zero attached hydrogens (tertiary/aromatic N) is 4. The van der Waals surface area contributed by atoms with E-state index < -0.39 is 0 Å². The quantitative estimate of drug-likeness (QED) is 0.764. The maximum atomic E-state index is 13.3. The topological polar surface area (TPSA) is 58.1 Å². The Morgan fingerprint density at radius 2 is 2.07 bits per heavy atom. The number of amides is 1. The van der Waals surface area contributed by atoms with E-state index in [0.717, 1.165) is 51.6 Å². The first kappa shape index (κ1) is 19.5. The molecule has 0 bridgehead atoms. The van der Waals surface area contributed by atoms with Gasteiger partial charge in [0.2, 0.25) is 0 Å². The van der Waals surface area contributed by atoms with Gasteiger partial charge in [0.15, 0.2) is 0 Å². The lowest BCUT2D eigenvalue weighted by molar-refractivity contribution is -0.160. The van der Waals surface area contributed by atoms with Gasteiger partial charge in [-0.15, -0.1) is 0 Å². The number of fused-ring (bicyclic) bond motifs is 2. The lowest BCUT2D eigenvalue weighted by Gasteiger charge is -2.63. The number of pyridine rings is 1. The van der Waals surface area contributed by atoms with Crippen LogP contribution in [-0.4, -0.2) is 90.2 Å². The molecule has 5 rings (SSSR count). The number of likely N-dealkylation sites (tertiary alicyclic amines) is 1. The number of carbonyl (C=O) groups is 1. The van der Waals surface area contributed by atoms with Crippen LogP contribution >= 0.6 is 0 Å². The predicted octanol–water partition coefficient (Wildman–Crippen LogP) is 1.50. The largest absolute Gasteiger partial charge is 0.497 e. The Bertz CT molecular complexity index is 883. The van der Waals surface area contributed by atoms with Crippen LogP contribution in [0.4, 0.5) is 0 Å². The summed E-state index contributed by atoms with van der Waals surface area (Å²) in [6, 6.07) is 11.8. The van der Waals surface area contributed by atoms with Crippen molar-refractivity contribution < 1.29 is 14.3 Å². The minimum Gasteiger partial charge on any atom is -0.497 e. The van der Waals surface area contributed by atoms with Crippen LogP contribution in [0.25, 0.3) is 0 Å². The van der Waals surface area contributed by atoms with Gasteiger partial charge in [-0.1, -0.05) is 6.07 Å². The van der Waals surface area contributed by atoms with Gasteiger partial charge in [0.25, 0.3) is 5.91 Å². The van der Waals surface area contributed by atoms with Gasteiger partial charge in [-0.2, -0.15) is 0 Å². The fraction of sp³-hybridized carbons (Fsp3) is 0.478. The summed E-state index contributed by atoms with van der Waals surface area (Å²) in [7, 11) is 1.64. The van der Waals surface area contributed by atoms with Crippen molar-refractivity contribution in [3.8, 4) is 5.75 Å². The minimum absolute atomic E-state index is 0.0109. The molecule has 0 radical (unpaired) electrons. The number of piperazine rings is 1. The normalized spacial score (nSPS) is 23.6. The molecule has 30 heavy (non-hydrogen) atoms. The minimum atomic E-state index is 0.0109. The summed E-state index contributed by atoms with van der Waals surface area (Å²) in [6.07, 6.45) is 3.74. The molecule has 7 heteroatoms. The summed E-state index contributed by atoms with van der Waals surface area (Å²) in [4.78, 5) is 24.6. The van der Waals surface area contributed by atoms with Crippen LogP contribution in [-0.2, 0) is 11.3 Å². The first-order chi connectivity index (χ1) is 14.7. The molecular weight excluding hydrogens is 380 g/mol. The van der Waals surface area contributed by atoms with Crippen molar-refractivity contribution >= 4 is 5.91 Å². The summed E-state index contributed by atoms with van der Waals surface area (Å²) >= 11 is 0. The molecule has 1 aromatic heterocycles. The van der Waals surface area contributed by atoms with Crippen LogP contribution in [0.15, 0.2) is 48.8 Å². The smallest absolute Gasteiger partial charge is 0.253 e. The lowest BCUT2D eigenvalue weighted by atomic mass is 9.82. The number of hydrogen-bond donors (Lipinski definition) is 0. The SMILES string of the molecule is COc1ccc(C(=O)N2CC3COCCN3C3(CN(Cc4cccnc4)C3)C2)cc1. The van der Waals surface area contributed by atoms with E-state index in [9.17, 15) is 4.79 Å². The third kappa shape index (κ3) is 3.57. The Hall–Kier alpha value is -2.48. The summed E-state index contributed by atoms with van der Waals surface area (Å²) in [6.45, 7) is 6.71. The number of carbonyl (C=O) groups excluding carboxylic acids is 1. The van der Waals surface area contributed by atoms with Crippen molar-refractivity contribution in [1.29, 1.82) is 0 Å². The molecule has 3 fully saturated rings. The highest BCUT2D eigenvalue weighted by Gasteiger charge is 2.54. The van der Waals surface area contributed by atoms with Crippen molar-refractivity contribution in [1.82, 2.24) is 19.7 Å². The zero-order valence-electron chi connectivity index (χ0n) is 17.4. The first-order valence-electron chi connectivity index (χ1n) is 10.6. The number of morpholine rings is 1. The fourth-order valence-corrected chi connectivity index (χ4v) is 5.20. The zero-order chi connectivity index (χ0) is 20.6. The second-order valence-electron chi connectivity index (χ2n) is 8.57. The van der Waals surface area contributed by atoms with E-state index in [4.69, 9.17) is 9.47 Å². The molecule has 158 valence electrons. The molecular formula is C23H28N4O3. The molecule has 1 amide bonds. The van der Waals surface area contributed by atoms with Crippen LogP contribution in [0.1, 0.15) is 15.9 Å². The highest BCUT2D eigenvalue weighted by Crippen LogP contribution is 2.36. The Kier molecular flexibility index (Phi) is 5.18. The van der Waals surface area contributed by atoms with Gasteiger partial charge in [0.05, 0.1) is 31.9 Å². The molecule has 1 atom stereocenters. The fourth-order valence-electron chi connectivity index (χ4n) is 5.20. The van der Waals surface area contributed by atoms with E-state index in [-0.39, 0.29) is 17.5 Å². The van der Waals surface area contributed by atoms with Crippen molar-refractivity contribution in [3.63, 3.8) is 0 Å². The molecule has 3 aliphatic rings. The molecule has 2 aromatic rings.